The third-order valence-corrected chi connectivity index (χ3v) is 10.4. The average molecular weight is 451 g/mol. The van der Waals surface area contributed by atoms with Crippen molar-refractivity contribution >= 4 is 35.6 Å². The first-order chi connectivity index (χ1) is 11.7. The second-order valence-electron chi connectivity index (χ2n) is 8.23. The van der Waals surface area contributed by atoms with Crippen molar-refractivity contribution in [3.05, 3.63) is 28.7 Å². The monoisotopic (exact) mass is 450 g/mol. The highest BCUT2D eigenvalue weighted by molar-refractivity contribution is 9.10. The van der Waals surface area contributed by atoms with Gasteiger partial charge in [0.05, 0.1) is 18.3 Å². The van der Waals surface area contributed by atoms with Gasteiger partial charge in [0.25, 0.3) is 0 Å². The maximum absolute atomic E-state index is 13.4. The van der Waals surface area contributed by atoms with Gasteiger partial charge in [-0.25, -0.2) is 0 Å². The van der Waals surface area contributed by atoms with Crippen LogP contribution < -0.4 is 5.01 Å². The van der Waals surface area contributed by atoms with Crippen molar-refractivity contribution in [1.29, 1.82) is 0 Å². The zero-order chi connectivity index (χ0) is 19.9. The van der Waals surface area contributed by atoms with E-state index in [4.69, 9.17) is 4.43 Å². The van der Waals surface area contributed by atoms with Gasteiger partial charge in [0.1, 0.15) is 5.71 Å². The minimum absolute atomic E-state index is 0.00893. The summed E-state index contributed by atoms with van der Waals surface area (Å²) in [7, 11) is -2.08. The molecular formula is C18H26BrF3N2OSi. The topological polar surface area (TPSA) is 24.8 Å². The summed E-state index contributed by atoms with van der Waals surface area (Å²) in [6.07, 6.45) is -4.45. The van der Waals surface area contributed by atoms with Crippen molar-refractivity contribution in [1.82, 2.24) is 0 Å². The smallest absolute Gasteiger partial charge is 0.415 e. The first-order valence-corrected chi connectivity index (χ1v) is 12.3. The number of halogens is 4. The summed E-state index contributed by atoms with van der Waals surface area (Å²) in [6.45, 7) is 12.3. The van der Waals surface area contributed by atoms with Gasteiger partial charge < -0.3 is 4.43 Å². The van der Waals surface area contributed by atoms with Crippen molar-refractivity contribution in [2.45, 2.75) is 58.0 Å². The van der Waals surface area contributed by atoms with Gasteiger partial charge in [0.15, 0.2) is 8.32 Å². The Hall–Kier alpha value is -0.863. The molecule has 1 aromatic carbocycles. The molecule has 1 aromatic rings. The Morgan fingerprint density at radius 1 is 1.15 bits per heavy atom. The van der Waals surface area contributed by atoms with E-state index < -0.39 is 32.2 Å². The Morgan fingerprint density at radius 2 is 1.69 bits per heavy atom. The van der Waals surface area contributed by atoms with E-state index in [-0.39, 0.29) is 11.6 Å². The fourth-order valence-corrected chi connectivity index (χ4v) is 3.84. The van der Waals surface area contributed by atoms with Crippen molar-refractivity contribution in [3.63, 3.8) is 0 Å². The fraction of sp³-hybridized carbons (Fsp3) is 0.611. The third kappa shape index (κ3) is 4.51. The lowest BCUT2D eigenvalue weighted by atomic mass is 9.98. The summed E-state index contributed by atoms with van der Waals surface area (Å²) in [5.41, 5.74) is -0.118. The summed E-state index contributed by atoms with van der Waals surface area (Å²) < 4.78 is 47.3. The standard InChI is InChI=1S/C18H26BrF3N2OSi/c1-12-15(11-25-26(5,6)17(2,3)4)24(23-16(12)18(20,21)22)14-9-7-13(19)8-10-14/h7-10,12,15H,11H2,1-6H3. The molecule has 26 heavy (non-hydrogen) atoms. The molecule has 0 aromatic heterocycles. The molecular weight excluding hydrogens is 425 g/mol. The molecule has 0 saturated heterocycles. The van der Waals surface area contributed by atoms with Crippen LogP contribution >= 0.6 is 15.9 Å². The average Bonchev–Trinajstić information content (AvgIpc) is 2.82. The second-order valence-corrected chi connectivity index (χ2v) is 14.0. The van der Waals surface area contributed by atoms with Crippen LogP contribution in [0.5, 0.6) is 0 Å². The molecule has 0 saturated carbocycles. The number of rotatable bonds is 4. The van der Waals surface area contributed by atoms with Crippen molar-refractivity contribution < 1.29 is 17.6 Å². The normalized spacial score (nSPS) is 21.9. The minimum atomic E-state index is -4.45. The van der Waals surface area contributed by atoms with E-state index >= 15 is 0 Å². The molecule has 0 radical (unpaired) electrons. The highest BCUT2D eigenvalue weighted by Crippen LogP contribution is 2.39. The first-order valence-electron chi connectivity index (χ1n) is 8.58. The predicted molar refractivity (Wildman–Crippen MR) is 106 cm³/mol. The third-order valence-electron chi connectivity index (χ3n) is 5.34. The van der Waals surface area contributed by atoms with Crippen molar-refractivity contribution in [2.75, 3.05) is 11.6 Å². The maximum atomic E-state index is 13.4. The van der Waals surface area contributed by atoms with Crippen LogP contribution in [0.3, 0.4) is 0 Å². The summed E-state index contributed by atoms with van der Waals surface area (Å²) in [6, 6.07) is 6.64. The zero-order valence-corrected chi connectivity index (χ0v) is 18.6. The minimum Gasteiger partial charge on any atom is -0.415 e. The van der Waals surface area contributed by atoms with E-state index in [0.717, 1.165) is 4.47 Å². The molecule has 1 aliphatic rings. The van der Waals surface area contributed by atoms with Crippen LogP contribution in [0, 0.1) is 5.92 Å². The van der Waals surface area contributed by atoms with Gasteiger partial charge in [0, 0.05) is 10.4 Å². The molecule has 2 rings (SSSR count). The molecule has 0 aliphatic carbocycles. The van der Waals surface area contributed by atoms with Crippen LogP contribution in [0.15, 0.2) is 33.8 Å². The summed E-state index contributed by atoms with van der Waals surface area (Å²) in [5.74, 6) is -0.761. The lowest BCUT2D eigenvalue weighted by Gasteiger charge is -2.38. The lowest BCUT2D eigenvalue weighted by Crippen LogP contribution is -2.46. The molecule has 0 fully saturated rings. The number of alkyl halides is 3. The van der Waals surface area contributed by atoms with Crippen LogP contribution in [-0.2, 0) is 4.43 Å². The maximum Gasteiger partial charge on any atom is 0.431 e. The molecule has 0 spiro atoms. The molecule has 2 atom stereocenters. The van der Waals surface area contributed by atoms with Crippen LogP contribution in [0.4, 0.5) is 18.9 Å². The summed E-state index contributed by atoms with van der Waals surface area (Å²) >= 11 is 3.35. The molecule has 2 unspecified atom stereocenters. The number of hydrazone groups is 1. The number of benzene rings is 1. The Bertz CT molecular complexity index is 668. The van der Waals surface area contributed by atoms with Crippen LogP contribution in [0.25, 0.3) is 0 Å². The van der Waals surface area contributed by atoms with Gasteiger partial charge in [-0.1, -0.05) is 43.6 Å². The molecule has 1 aliphatic heterocycles. The molecule has 8 heteroatoms. The van der Waals surface area contributed by atoms with Crippen LogP contribution in [0.1, 0.15) is 27.7 Å². The van der Waals surface area contributed by atoms with Crippen LogP contribution in [0.2, 0.25) is 18.1 Å². The molecule has 0 amide bonds. The Kier molecular flexibility index (Phi) is 6.00. The largest absolute Gasteiger partial charge is 0.431 e. The van der Waals surface area contributed by atoms with E-state index in [9.17, 15) is 13.2 Å². The van der Waals surface area contributed by atoms with Gasteiger partial charge in [0.2, 0.25) is 0 Å². The lowest BCUT2D eigenvalue weighted by molar-refractivity contribution is -0.0621. The Morgan fingerprint density at radius 3 is 2.15 bits per heavy atom. The molecule has 146 valence electrons. The molecule has 3 nitrogen and oxygen atoms in total. The van der Waals surface area contributed by atoms with Gasteiger partial charge in [-0.3, -0.25) is 5.01 Å². The highest BCUT2D eigenvalue weighted by atomic mass is 79.9. The van der Waals surface area contributed by atoms with E-state index in [1.807, 2.05) is 0 Å². The number of nitrogens with zero attached hydrogens (tertiary/aromatic N) is 2. The van der Waals surface area contributed by atoms with Crippen molar-refractivity contribution in [2.24, 2.45) is 11.0 Å². The number of hydrogen-bond acceptors (Lipinski definition) is 3. The number of hydrogen-bond donors (Lipinski definition) is 0. The molecule has 1 heterocycles. The first kappa shape index (κ1) is 21.4. The molecule has 0 N–H and O–H groups in total. The van der Waals surface area contributed by atoms with Gasteiger partial charge in [-0.15, -0.1) is 0 Å². The Labute approximate surface area is 162 Å². The second kappa shape index (κ2) is 7.28. The molecule has 0 bridgehead atoms. The fourth-order valence-electron chi connectivity index (χ4n) is 2.56. The van der Waals surface area contributed by atoms with Gasteiger partial charge >= 0.3 is 6.18 Å². The predicted octanol–water partition coefficient (Wildman–Crippen LogP) is 6.21. The van der Waals surface area contributed by atoms with E-state index in [1.165, 1.54) is 5.01 Å². The Balaban J connectivity index is 2.31. The zero-order valence-electron chi connectivity index (χ0n) is 16.0. The van der Waals surface area contributed by atoms with Crippen LogP contribution in [-0.4, -0.2) is 32.9 Å². The summed E-state index contributed by atoms with van der Waals surface area (Å²) in [4.78, 5) is 0. The van der Waals surface area contributed by atoms with E-state index in [1.54, 1.807) is 31.2 Å². The van der Waals surface area contributed by atoms with E-state index in [2.05, 4.69) is 54.9 Å². The SMILES string of the molecule is CC1C(C(F)(F)F)=NN(c2ccc(Br)cc2)C1CO[Si](C)(C)C(C)(C)C. The van der Waals surface area contributed by atoms with Gasteiger partial charge in [-0.2, -0.15) is 18.3 Å². The number of anilines is 1. The summed E-state index contributed by atoms with van der Waals surface area (Å²) in [5, 5.41) is 5.39. The van der Waals surface area contributed by atoms with Crippen molar-refractivity contribution in [3.8, 4) is 0 Å². The van der Waals surface area contributed by atoms with E-state index in [0.29, 0.717) is 5.69 Å². The quantitative estimate of drug-likeness (QED) is 0.508. The van der Waals surface area contributed by atoms with Gasteiger partial charge in [-0.05, 0) is 42.4 Å². The highest BCUT2D eigenvalue weighted by Gasteiger charge is 2.49.